The van der Waals surface area contributed by atoms with Crippen molar-refractivity contribution in [2.24, 2.45) is 35.1 Å². The molecule has 13 rings (SSSR count). The van der Waals surface area contributed by atoms with Crippen molar-refractivity contribution in [1.82, 2.24) is 59.5 Å². The molecule has 4 aromatic heterocycles. The summed E-state index contributed by atoms with van der Waals surface area (Å²) in [4.78, 5) is 146. The minimum Gasteiger partial charge on any atom is -0.477 e. The molecule has 35 heteroatoms. The standard InChI is InChI=1S/C21H25ClN4O3.C20H25N5O2.C19H21ClN4O3.C14H20N2O.C8H10N2O.C7H6Cl2N2O2/c1-2-29-20(28)17-12-24-21(22)25-19(17)23-11-15-7-6-10-26(13-15)14-18(27)16-8-4-3-5-9-16;1-14-22-11-17(19(21)27)20(24-14)23-10-15-6-5-9-25(12-15)13-18(26)16-7-3-2-4-8-16;20-19-22-10-15(18(26)27)17(23-19)21-9-13-5-4-8-24(11-13)12-16(25)14-6-2-1-3-7-14;15-9-12-5-4-8-16(10-12)11-14(17)13-6-2-1-3-7-13;1-6(11)10-8-4-2-3-7(9)5-8;1-2-13-6(12)4-3-10-7(9)11-5(4)8/h3-5,8-9,12,15H,2,6-7,10-11,13-14H2,1H3,(H,23,24,25);2-4,7-8,11,15H,5-6,9-10,12-13H2,1H3,(H2,21,27)(H,22,23,24);1-3,6-7,10,13H,4-5,8-9,11-12H2,(H,26,27)(H,21,22,23);1-3,6-7,12H,4-5,8-11,15H2;2-5H,9H2,1H3,(H,10,11);3H,2H2,1H3. The molecule has 4 atom stereocenters. The molecule has 11 N–H and O–H groups in total. The average molecular weight is 1780 g/mol. The van der Waals surface area contributed by atoms with Crippen molar-refractivity contribution < 1.29 is 57.7 Å². The van der Waals surface area contributed by atoms with Crippen molar-refractivity contribution in [2.45, 2.75) is 79.1 Å². The first-order chi connectivity index (χ1) is 59.7. The fraction of sp³-hybridized carbons (Fsp3) is 0.382. The first-order valence-corrected chi connectivity index (χ1v) is 42.5. The molecule has 5 aromatic carbocycles. The van der Waals surface area contributed by atoms with Crippen molar-refractivity contribution in [3.8, 4) is 0 Å². The number of esters is 2. The molecule has 4 saturated heterocycles. The number of amides is 2. The fourth-order valence-corrected chi connectivity index (χ4v) is 14.7. The lowest BCUT2D eigenvalue weighted by Crippen LogP contribution is -2.41. The zero-order valence-corrected chi connectivity index (χ0v) is 72.9. The number of aromatic nitrogens is 8. The number of halogens is 4. The molecule has 31 nitrogen and oxygen atoms in total. The summed E-state index contributed by atoms with van der Waals surface area (Å²) in [6, 6.07) is 44.6. The van der Waals surface area contributed by atoms with Gasteiger partial charge in [-0.05, 0) is 182 Å². The molecular formula is C89H107Cl4N19O12. The van der Waals surface area contributed by atoms with Gasteiger partial charge in [0.15, 0.2) is 23.1 Å². The van der Waals surface area contributed by atoms with Crippen molar-refractivity contribution in [3.05, 3.63) is 242 Å². The smallest absolute Gasteiger partial charge is 0.343 e. The molecule has 8 heterocycles. The average Bonchev–Trinajstić information content (AvgIpc) is 0.820. The number of primary amides is 1. The van der Waals surface area contributed by atoms with Gasteiger partial charge in [-0.15, -0.1) is 0 Å². The SMILES string of the molecule is CC(=O)Nc1cccc(N)c1.CCOC(=O)c1cnc(Cl)nc1Cl.CCOC(=O)c1cnc(Cl)nc1NCC1CCCN(CC(=O)c2ccccc2)C1.Cc1ncc(C(N)=O)c(NCC2CCCN(CC(=O)c3ccccc3)C2)n1.NCC1CCCN(CC(=O)c2ccccc2)C1.O=C(CN1CCCC(CNc2nc(Cl)ncc2C(=O)O)C1)c1ccccc1. The third kappa shape index (κ3) is 34.0. The molecule has 4 fully saturated rings. The molecule has 4 unspecified atom stereocenters. The van der Waals surface area contributed by atoms with E-state index in [4.69, 9.17) is 73.1 Å². The number of anilines is 5. The van der Waals surface area contributed by atoms with E-state index in [9.17, 15) is 48.3 Å². The van der Waals surface area contributed by atoms with E-state index >= 15 is 0 Å². The van der Waals surface area contributed by atoms with Crippen molar-refractivity contribution in [1.29, 1.82) is 0 Å². The molecule has 0 spiro atoms. The van der Waals surface area contributed by atoms with E-state index in [2.05, 4.69) is 80.7 Å². The van der Waals surface area contributed by atoms with Gasteiger partial charge < -0.3 is 53.0 Å². The Bertz CT molecular complexity index is 4830. The Morgan fingerprint density at radius 1 is 0.452 bits per heavy atom. The van der Waals surface area contributed by atoms with Gasteiger partial charge in [0.1, 0.15) is 45.1 Å². The van der Waals surface area contributed by atoms with Crippen molar-refractivity contribution in [3.63, 3.8) is 0 Å². The van der Waals surface area contributed by atoms with Gasteiger partial charge in [-0.1, -0.05) is 139 Å². The van der Waals surface area contributed by atoms with E-state index in [1.54, 1.807) is 45.0 Å². The second-order valence-corrected chi connectivity index (χ2v) is 31.1. The Kier molecular flexibility index (Phi) is 41.3. The number of carboxylic acid groups (broad SMARTS) is 1. The number of hydrogen-bond donors (Lipinski definition) is 8. The highest BCUT2D eigenvalue weighted by molar-refractivity contribution is 6.34. The number of rotatable bonds is 29. The normalized spacial score (nSPS) is 16.3. The zero-order chi connectivity index (χ0) is 89.3. The predicted molar refractivity (Wildman–Crippen MR) is 480 cm³/mol. The summed E-state index contributed by atoms with van der Waals surface area (Å²) in [6.45, 7) is 18.7. The number of nitrogens with one attached hydrogen (secondary N) is 4. The van der Waals surface area contributed by atoms with Crippen LogP contribution in [0.1, 0.15) is 161 Å². The summed E-state index contributed by atoms with van der Waals surface area (Å²) in [5.74, 6) is 1.05. The number of likely N-dealkylation sites (tertiary alicyclic amines) is 4. The number of benzene rings is 5. The van der Waals surface area contributed by atoms with Crippen LogP contribution in [0.5, 0.6) is 0 Å². The molecule has 4 aliphatic rings. The molecule has 0 radical (unpaired) electrons. The number of carbonyl (C=O) groups is 9. The summed E-state index contributed by atoms with van der Waals surface area (Å²) < 4.78 is 9.76. The highest BCUT2D eigenvalue weighted by Gasteiger charge is 2.28. The maximum Gasteiger partial charge on any atom is 0.343 e. The first-order valence-electron chi connectivity index (χ1n) is 41.0. The quantitative estimate of drug-likeness (QED) is 0.00709. The molecular weight excluding hydrogens is 1670 g/mol. The highest BCUT2D eigenvalue weighted by atomic mass is 35.5. The number of hydrogen-bond acceptors (Lipinski definition) is 28. The number of piperidine rings is 4. The highest BCUT2D eigenvalue weighted by Crippen LogP contribution is 2.26. The van der Waals surface area contributed by atoms with Gasteiger partial charge in [-0.25, -0.2) is 44.3 Å². The molecule has 658 valence electrons. The number of nitrogens with two attached hydrogens (primary N) is 3. The Labute approximate surface area is 741 Å². The molecule has 0 saturated carbocycles. The summed E-state index contributed by atoms with van der Waals surface area (Å²) in [5, 5.41) is 21.5. The summed E-state index contributed by atoms with van der Waals surface area (Å²) in [7, 11) is 0. The van der Waals surface area contributed by atoms with Crippen LogP contribution in [-0.2, 0) is 14.3 Å². The maximum atomic E-state index is 12.5. The van der Waals surface area contributed by atoms with E-state index in [0.717, 1.165) is 132 Å². The zero-order valence-electron chi connectivity index (χ0n) is 69.9. The summed E-state index contributed by atoms with van der Waals surface area (Å²) in [5.41, 5.74) is 21.7. The number of carbonyl (C=O) groups excluding carboxylic acids is 8. The second kappa shape index (κ2) is 52.3. The van der Waals surface area contributed by atoms with Crippen LogP contribution in [0.15, 0.2) is 170 Å². The third-order valence-corrected chi connectivity index (χ3v) is 20.9. The number of nitrogen functional groups attached to an aromatic ring is 1. The number of ether oxygens (including phenoxy) is 2. The van der Waals surface area contributed by atoms with Crippen LogP contribution in [0.3, 0.4) is 0 Å². The van der Waals surface area contributed by atoms with E-state index in [1.807, 2.05) is 121 Å². The molecule has 0 bridgehead atoms. The number of Topliss-reactive ketones (excluding diaryl/α,β-unsaturated/α-hetero) is 4. The van der Waals surface area contributed by atoms with Gasteiger partial charge in [-0.3, -0.25) is 48.4 Å². The minimum atomic E-state index is -1.10. The van der Waals surface area contributed by atoms with Crippen molar-refractivity contribution >= 4 is 128 Å². The molecule has 9 aromatic rings. The monoisotopic (exact) mass is 1770 g/mol. The summed E-state index contributed by atoms with van der Waals surface area (Å²) in [6.07, 6.45) is 13.8. The molecule has 4 aliphatic heterocycles. The van der Waals surface area contributed by atoms with Gasteiger partial charge >= 0.3 is 17.9 Å². The molecule has 124 heavy (non-hydrogen) atoms. The Morgan fingerprint density at radius 2 is 0.798 bits per heavy atom. The Hall–Kier alpha value is -11.4. The van der Waals surface area contributed by atoms with Gasteiger partial charge in [0.25, 0.3) is 5.91 Å². The van der Waals surface area contributed by atoms with Crippen LogP contribution in [-0.4, -0.2) is 235 Å². The van der Waals surface area contributed by atoms with Crippen LogP contribution >= 0.6 is 46.4 Å². The number of ketones is 4. The first kappa shape index (κ1) is 98.1. The fourth-order valence-electron chi connectivity index (χ4n) is 14.1. The van der Waals surface area contributed by atoms with Gasteiger partial charge in [0.05, 0.1) is 45.0 Å². The number of aromatic carboxylic acids is 1. The topological polar surface area (TPSA) is 435 Å². The minimum absolute atomic E-state index is 0.00114. The Balaban J connectivity index is 0.000000190. The Morgan fingerprint density at radius 3 is 1.16 bits per heavy atom. The number of carboxylic acids is 1. The van der Waals surface area contributed by atoms with Gasteiger partial charge in [0, 0.05) is 111 Å². The van der Waals surface area contributed by atoms with E-state index < -0.39 is 23.8 Å². The second-order valence-electron chi connectivity index (χ2n) is 29.8. The van der Waals surface area contributed by atoms with E-state index in [0.29, 0.717) is 92.3 Å². The van der Waals surface area contributed by atoms with Crippen molar-refractivity contribution in [2.75, 3.05) is 145 Å². The largest absolute Gasteiger partial charge is 0.477 e. The van der Waals surface area contributed by atoms with Gasteiger partial charge in [0.2, 0.25) is 21.8 Å². The lowest BCUT2D eigenvalue weighted by molar-refractivity contribution is -0.114. The van der Waals surface area contributed by atoms with Crippen LogP contribution < -0.4 is 38.5 Å². The lowest BCUT2D eigenvalue weighted by Gasteiger charge is -2.32. The summed E-state index contributed by atoms with van der Waals surface area (Å²) >= 11 is 22.7. The molecule has 0 aliphatic carbocycles. The van der Waals surface area contributed by atoms with Crippen LogP contribution in [0.2, 0.25) is 21.0 Å². The van der Waals surface area contributed by atoms with Crippen LogP contribution in [0, 0.1) is 30.6 Å². The van der Waals surface area contributed by atoms with E-state index in [1.165, 1.54) is 38.1 Å². The van der Waals surface area contributed by atoms with E-state index in [-0.39, 0.29) is 91.7 Å². The molecule has 2 amide bonds. The predicted octanol–water partition coefficient (Wildman–Crippen LogP) is 12.8. The number of nitrogens with zero attached hydrogens (tertiary/aromatic N) is 12. The number of aryl methyl sites for hydroxylation is 1. The van der Waals surface area contributed by atoms with Crippen LogP contribution in [0.25, 0.3) is 0 Å². The third-order valence-electron chi connectivity index (χ3n) is 20.1. The maximum absolute atomic E-state index is 12.5. The lowest BCUT2D eigenvalue weighted by atomic mass is 9.97. The van der Waals surface area contributed by atoms with Crippen LogP contribution in [0.4, 0.5) is 28.8 Å². The van der Waals surface area contributed by atoms with Gasteiger partial charge in [-0.2, -0.15) is 9.97 Å².